The molecule has 1 N–H and O–H groups in total. The summed E-state index contributed by atoms with van der Waals surface area (Å²) in [7, 11) is 0. The van der Waals surface area contributed by atoms with Gasteiger partial charge in [-0.15, -0.1) is 11.8 Å². The summed E-state index contributed by atoms with van der Waals surface area (Å²) in [5, 5.41) is 2.90. The second-order valence-corrected chi connectivity index (χ2v) is 8.10. The molecule has 1 aliphatic rings. The second kappa shape index (κ2) is 7.68. The van der Waals surface area contributed by atoms with Crippen LogP contribution in [-0.4, -0.2) is 23.2 Å². The van der Waals surface area contributed by atoms with E-state index in [1.54, 1.807) is 36.4 Å². The third-order valence-corrected chi connectivity index (χ3v) is 5.86. The first-order valence-corrected chi connectivity index (χ1v) is 10.4. The minimum Gasteiger partial charge on any atom is -0.322 e. The molecule has 1 aliphatic carbocycles. The Morgan fingerprint density at radius 2 is 1.62 bits per heavy atom. The van der Waals surface area contributed by atoms with E-state index in [0.29, 0.717) is 44.2 Å². The van der Waals surface area contributed by atoms with Gasteiger partial charge >= 0.3 is 0 Å². The van der Waals surface area contributed by atoms with Crippen molar-refractivity contribution in [2.75, 3.05) is 11.1 Å². The van der Waals surface area contributed by atoms with Crippen molar-refractivity contribution in [3.8, 4) is 0 Å². The van der Waals surface area contributed by atoms with E-state index in [1.807, 2.05) is 38.1 Å². The number of amides is 1. The number of thioether (sulfide) groups is 1. The number of rotatable bonds is 4. The van der Waals surface area contributed by atoms with Gasteiger partial charge in [-0.2, -0.15) is 0 Å². The molecule has 0 spiro atoms. The average Bonchev–Trinajstić information content (AvgIpc) is 2.72. The highest BCUT2D eigenvalue weighted by atomic mass is 32.2. The highest BCUT2D eigenvalue weighted by molar-refractivity contribution is 7.99. The van der Waals surface area contributed by atoms with E-state index in [1.165, 1.54) is 11.8 Å². The van der Waals surface area contributed by atoms with Crippen LogP contribution in [0.4, 0.5) is 5.69 Å². The van der Waals surface area contributed by atoms with E-state index in [4.69, 9.17) is 0 Å². The number of fused-ring (bicyclic) bond motifs is 2. The summed E-state index contributed by atoms with van der Waals surface area (Å²) in [5.74, 6) is -0.0202. The van der Waals surface area contributed by atoms with Gasteiger partial charge < -0.3 is 5.32 Å². The van der Waals surface area contributed by atoms with Gasteiger partial charge in [0.25, 0.3) is 5.91 Å². The van der Waals surface area contributed by atoms with Crippen molar-refractivity contribution in [3.05, 3.63) is 94.0 Å². The van der Waals surface area contributed by atoms with Crippen LogP contribution in [0, 0.1) is 6.92 Å². The Balaban J connectivity index is 1.82. The van der Waals surface area contributed by atoms with E-state index in [-0.39, 0.29) is 17.5 Å². The lowest BCUT2D eigenvalue weighted by Gasteiger charge is -2.21. The first kappa shape index (κ1) is 19.2. The van der Waals surface area contributed by atoms with Crippen LogP contribution in [0.15, 0.2) is 65.6 Å². The lowest BCUT2D eigenvalue weighted by atomic mass is 9.83. The van der Waals surface area contributed by atoms with Crippen LogP contribution >= 0.6 is 11.8 Å². The number of aryl methyl sites for hydroxylation is 1. The van der Waals surface area contributed by atoms with Crippen molar-refractivity contribution >= 4 is 34.9 Å². The molecule has 0 unspecified atom stereocenters. The SMILES string of the molecule is CCSc1c(C(=O)Nc2cccc(C)c2)ccc2c1C(=O)c1ccccc1C2=O. The maximum absolute atomic E-state index is 13.2. The van der Waals surface area contributed by atoms with E-state index in [9.17, 15) is 14.4 Å². The van der Waals surface area contributed by atoms with Gasteiger partial charge in [0.15, 0.2) is 11.6 Å². The van der Waals surface area contributed by atoms with E-state index in [2.05, 4.69) is 5.32 Å². The molecule has 0 aromatic heterocycles. The molecule has 4 nitrogen and oxygen atoms in total. The summed E-state index contributed by atoms with van der Waals surface area (Å²) in [5.41, 5.74) is 3.61. The molecule has 0 bridgehead atoms. The van der Waals surface area contributed by atoms with Crippen molar-refractivity contribution in [1.29, 1.82) is 0 Å². The standard InChI is InChI=1S/C24H19NO3S/c1-3-29-23-19(24(28)25-15-8-6-7-14(2)13-15)12-11-18-20(23)22(27)17-10-5-4-9-16(17)21(18)26/h4-13H,3H2,1-2H3,(H,25,28). The molecule has 1 amide bonds. The highest BCUT2D eigenvalue weighted by Gasteiger charge is 2.33. The van der Waals surface area contributed by atoms with Gasteiger partial charge in [0.1, 0.15) is 0 Å². The summed E-state index contributed by atoms with van der Waals surface area (Å²) >= 11 is 1.41. The highest BCUT2D eigenvalue weighted by Crippen LogP contribution is 2.36. The van der Waals surface area contributed by atoms with Crippen molar-refractivity contribution in [3.63, 3.8) is 0 Å². The smallest absolute Gasteiger partial charge is 0.256 e. The maximum atomic E-state index is 13.2. The first-order valence-electron chi connectivity index (χ1n) is 9.37. The Morgan fingerprint density at radius 3 is 2.31 bits per heavy atom. The average molecular weight is 401 g/mol. The molecule has 4 rings (SSSR count). The number of nitrogens with one attached hydrogen (secondary N) is 1. The number of anilines is 1. The number of benzene rings is 3. The summed E-state index contributed by atoms with van der Waals surface area (Å²) in [6.07, 6.45) is 0. The molecule has 0 heterocycles. The Morgan fingerprint density at radius 1 is 0.897 bits per heavy atom. The van der Waals surface area contributed by atoms with Crippen LogP contribution in [0.1, 0.15) is 54.7 Å². The predicted molar refractivity (Wildman–Crippen MR) is 115 cm³/mol. The predicted octanol–water partition coefficient (Wildman–Crippen LogP) is 5.13. The Bertz CT molecular complexity index is 1170. The minimum atomic E-state index is -0.298. The fourth-order valence-electron chi connectivity index (χ4n) is 3.55. The summed E-state index contributed by atoms with van der Waals surface area (Å²) in [6.45, 7) is 3.91. The van der Waals surface area contributed by atoms with Crippen molar-refractivity contribution in [2.24, 2.45) is 0 Å². The molecule has 3 aromatic rings. The van der Waals surface area contributed by atoms with Gasteiger partial charge in [0, 0.05) is 32.8 Å². The normalized spacial score (nSPS) is 12.3. The lowest BCUT2D eigenvalue weighted by molar-refractivity contribution is 0.0975. The minimum absolute atomic E-state index is 0.182. The summed E-state index contributed by atoms with van der Waals surface area (Å²) in [4.78, 5) is 39.8. The number of ketones is 2. The Kier molecular flexibility index (Phi) is 5.07. The number of carbonyl (C=O) groups excluding carboxylic acids is 3. The van der Waals surface area contributed by atoms with Crippen LogP contribution in [-0.2, 0) is 0 Å². The Labute approximate surface area is 173 Å². The molecule has 0 aliphatic heterocycles. The molecular weight excluding hydrogens is 382 g/mol. The van der Waals surface area contributed by atoms with E-state index in [0.717, 1.165) is 5.56 Å². The molecule has 5 heteroatoms. The molecule has 0 radical (unpaired) electrons. The monoisotopic (exact) mass is 401 g/mol. The lowest BCUT2D eigenvalue weighted by Crippen LogP contribution is -2.24. The van der Waals surface area contributed by atoms with Gasteiger partial charge in [0.05, 0.1) is 5.56 Å². The van der Waals surface area contributed by atoms with Gasteiger partial charge in [0.2, 0.25) is 0 Å². The molecular formula is C24H19NO3S. The van der Waals surface area contributed by atoms with Crippen LogP contribution in [0.25, 0.3) is 0 Å². The zero-order valence-electron chi connectivity index (χ0n) is 16.1. The fourth-order valence-corrected chi connectivity index (χ4v) is 4.50. The van der Waals surface area contributed by atoms with E-state index >= 15 is 0 Å². The van der Waals surface area contributed by atoms with Crippen LogP contribution in [0.2, 0.25) is 0 Å². The molecule has 0 fully saturated rings. The number of carbonyl (C=O) groups is 3. The summed E-state index contributed by atoms with van der Waals surface area (Å²) < 4.78 is 0. The Hall–Kier alpha value is -3.18. The third kappa shape index (κ3) is 3.38. The van der Waals surface area contributed by atoms with Gasteiger partial charge in [-0.3, -0.25) is 14.4 Å². The third-order valence-electron chi connectivity index (χ3n) is 4.85. The van der Waals surface area contributed by atoms with Crippen molar-refractivity contribution in [2.45, 2.75) is 18.7 Å². The van der Waals surface area contributed by atoms with Crippen LogP contribution in [0.5, 0.6) is 0 Å². The largest absolute Gasteiger partial charge is 0.322 e. The second-order valence-electron chi connectivity index (χ2n) is 6.83. The van der Waals surface area contributed by atoms with Gasteiger partial charge in [-0.05, 0) is 42.5 Å². The molecule has 144 valence electrons. The summed E-state index contributed by atoms with van der Waals surface area (Å²) in [6, 6.07) is 17.6. The van der Waals surface area contributed by atoms with Crippen LogP contribution in [0.3, 0.4) is 0 Å². The van der Waals surface area contributed by atoms with Gasteiger partial charge in [-0.1, -0.05) is 43.3 Å². The van der Waals surface area contributed by atoms with Crippen LogP contribution < -0.4 is 5.32 Å². The zero-order chi connectivity index (χ0) is 20.5. The molecule has 29 heavy (non-hydrogen) atoms. The zero-order valence-corrected chi connectivity index (χ0v) is 16.9. The molecule has 0 atom stereocenters. The fraction of sp³-hybridized carbons (Fsp3) is 0.125. The van der Waals surface area contributed by atoms with Gasteiger partial charge in [-0.25, -0.2) is 0 Å². The topological polar surface area (TPSA) is 63.2 Å². The first-order chi connectivity index (χ1) is 14.0. The maximum Gasteiger partial charge on any atom is 0.256 e. The molecule has 3 aromatic carbocycles. The van der Waals surface area contributed by atoms with Crippen molar-refractivity contribution in [1.82, 2.24) is 0 Å². The van der Waals surface area contributed by atoms with Crippen molar-refractivity contribution < 1.29 is 14.4 Å². The number of hydrogen-bond acceptors (Lipinski definition) is 4. The molecule has 0 saturated carbocycles. The quantitative estimate of drug-likeness (QED) is 0.481. The van der Waals surface area contributed by atoms with E-state index < -0.39 is 0 Å². The molecule has 0 saturated heterocycles. The number of hydrogen-bond donors (Lipinski definition) is 1.